The molecule has 0 aliphatic heterocycles. The van der Waals surface area contributed by atoms with Gasteiger partial charge < -0.3 is 14.8 Å². The summed E-state index contributed by atoms with van der Waals surface area (Å²) < 4.78 is 11.4. The predicted octanol–water partition coefficient (Wildman–Crippen LogP) is 3.65. The normalized spacial score (nSPS) is 15.4. The Morgan fingerprint density at radius 1 is 1.30 bits per heavy atom. The number of benzene rings is 1. The molecule has 1 saturated carbocycles. The van der Waals surface area contributed by atoms with Crippen LogP contribution >= 0.6 is 0 Å². The van der Waals surface area contributed by atoms with E-state index in [1.54, 1.807) is 7.11 Å². The van der Waals surface area contributed by atoms with E-state index in [9.17, 15) is 0 Å². The monoisotopic (exact) mass is 277 g/mol. The van der Waals surface area contributed by atoms with Crippen LogP contribution in [-0.4, -0.2) is 18.8 Å². The zero-order chi connectivity index (χ0) is 14.6. The highest BCUT2D eigenvalue weighted by Crippen LogP contribution is 2.25. The van der Waals surface area contributed by atoms with Gasteiger partial charge in [0.1, 0.15) is 5.75 Å². The Labute approximate surface area is 122 Å². The largest absolute Gasteiger partial charge is 0.496 e. The molecular formula is C17H27NO2. The smallest absolute Gasteiger partial charge is 0.124 e. The van der Waals surface area contributed by atoms with Crippen molar-refractivity contribution >= 4 is 0 Å². The Morgan fingerprint density at radius 2 is 2.05 bits per heavy atom. The lowest BCUT2D eigenvalue weighted by molar-refractivity contribution is -0.0322. The van der Waals surface area contributed by atoms with Crippen molar-refractivity contribution in [3.05, 3.63) is 29.3 Å². The van der Waals surface area contributed by atoms with E-state index in [4.69, 9.17) is 9.47 Å². The molecule has 20 heavy (non-hydrogen) atoms. The molecule has 0 bridgehead atoms. The SMILES string of the molecule is CCC(C)(C)OCc1cc(CNC2CC2)ccc1OC. The maximum atomic E-state index is 6.00. The second-order valence-corrected chi connectivity index (χ2v) is 6.20. The molecule has 0 unspecified atom stereocenters. The first-order valence-electron chi connectivity index (χ1n) is 7.57. The summed E-state index contributed by atoms with van der Waals surface area (Å²) in [7, 11) is 1.71. The molecular weight excluding hydrogens is 250 g/mol. The fourth-order valence-electron chi connectivity index (χ4n) is 1.98. The third-order valence-corrected chi connectivity index (χ3v) is 3.99. The van der Waals surface area contributed by atoms with Crippen LogP contribution in [0.4, 0.5) is 0 Å². The third kappa shape index (κ3) is 4.50. The lowest BCUT2D eigenvalue weighted by Gasteiger charge is -2.24. The van der Waals surface area contributed by atoms with Crippen molar-refractivity contribution in [1.82, 2.24) is 5.32 Å². The summed E-state index contributed by atoms with van der Waals surface area (Å²) >= 11 is 0. The van der Waals surface area contributed by atoms with Crippen molar-refractivity contribution in [1.29, 1.82) is 0 Å². The highest BCUT2D eigenvalue weighted by Gasteiger charge is 2.20. The topological polar surface area (TPSA) is 30.5 Å². The van der Waals surface area contributed by atoms with E-state index in [-0.39, 0.29) is 5.60 Å². The minimum atomic E-state index is -0.0900. The van der Waals surface area contributed by atoms with Gasteiger partial charge in [0.2, 0.25) is 0 Å². The van der Waals surface area contributed by atoms with Gasteiger partial charge in [0.25, 0.3) is 0 Å². The minimum absolute atomic E-state index is 0.0900. The fraction of sp³-hybridized carbons (Fsp3) is 0.647. The van der Waals surface area contributed by atoms with Crippen LogP contribution in [0.25, 0.3) is 0 Å². The lowest BCUT2D eigenvalue weighted by atomic mass is 10.1. The van der Waals surface area contributed by atoms with Crippen molar-refractivity contribution in [3.8, 4) is 5.75 Å². The second-order valence-electron chi connectivity index (χ2n) is 6.20. The Morgan fingerprint density at radius 3 is 2.65 bits per heavy atom. The number of ether oxygens (including phenoxy) is 2. The summed E-state index contributed by atoms with van der Waals surface area (Å²) in [5.41, 5.74) is 2.34. The highest BCUT2D eigenvalue weighted by atomic mass is 16.5. The first kappa shape index (κ1) is 15.3. The predicted molar refractivity (Wildman–Crippen MR) is 82.0 cm³/mol. The first-order chi connectivity index (χ1) is 9.54. The molecule has 0 atom stereocenters. The zero-order valence-corrected chi connectivity index (χ0v) is 13.2. The Kier molecular flexibility index (Phi) is 5.06. The molecule has 112 valence electrons. The van der Waals surface area contributed by atoms with E-state index in [0.29, 0.717) is 6.61 Å². The molecule has 1 aromatic carbocycles. The van der Waals surface area contributed by atoms with Crippen molar-refractivity contribution in [2.24, 2.45) is 0 Å². The Bertz CT molecular complexity index is 439. The third-order valence-electron chi connectivity index (χ3n) is 3.99. The lowest BCUT2D eigenvalue weighted by Crippen LogP contribution is -2.23. The highest BCUT2D eigenvalue weighted by molar-refractivity contribution is 5.37. The van der Waals surface area contributed by atoms with Crippen LogP contribution in [0.1, 0.15) is 51.2 Å². The number of nitrogens with one attached hydrogen (secondary N) is 1. The molecule has 0 amide bonds. The van der Waals surface area contributed by atoms with E-state index >= 15 is 0 Å². The molecule has 3 nitrogen and oxygen atoms in total. The molecule has 3 heteroatoms. The van der Waals surface area contributed by atoms with Crippen molar-refractivity contribution < 1.29 is 9.47 Å². The van der Waals surface area contributed by atoms with Crippen molar-refractivity contribution in [3.63, 3.8) is 0 Å². The van der Waals surface area contributed by atoms with Gasteiger partial charge in [0.05, 0.1) is 19.3 Å². The van der Waals surface area contributed by atoms with Gasteiger partial charge in [0, 0.05) is 18.2 Å². The van der Waals surface area contributed by atoms with Crippen molar-refractivity contribution in [2.45, 2.75) is 64.8 Å². The van der Waals surface area contributed by atoms with Gasteiger partial charge in [0.15, 0.2) is 0 Å². The van der Waals surface area contributed by atoms with E-state index < -0.39 is 0 Å². The summed E-state index contributed by atoms with van der Waals surface area (Å²) in [5, 5.41) is 3.54. The maximum absolute atomic E-state index is 6.00. The molecule has 1 aliphatic carbocycles. The van der Waals surface area contributed by atoms with Gasteiger partial charge in [-0.15, -0.1) is 0 Å². The van der Waals surface area contributed by atoms with Gasteiger partial charge in [-0.3, -0.25) is 0 Å². The zero-order valence-electron chi connectivity index (χ0n) is 13.2. The summed E-state index contributed by atoms with van der Waals surface area (Å²) in [6, 6.07) is 7.10. The number of hydrogen-bond donors (Lipinski definition) is 1. The van der Waals surface area contributed by atoms with Crippen LogP contribution in [0.2, 0.25) is 0 Å². The summed E-state index contributed by atoms with van der Waals surface area (Å²) in [6.07, 6.45) is 3.63. The van der Waals surface area contributed by atoms with Gasteiger partial charge in [-0.25, -0.2) is 0 Å². The maximum Gasteiger partial charge on any atom is 0.124 e. The van der Waals surface area contributed by atoms with E-state index in [1.807, 2.05) is 6.07 Å². The quantitative estimate of drug-likeness (QED) is 0.786. The van der Waals surface area contributed by atoms with Gasteiger partial charge >= 0.3 is 0 Å². The van der Waals surface area contributed by atoms with Crippen LogP contribution in [0.5, 0.6) is 5.75 Å². The standard InChI is InChI=1S/C17H27NO2/c1-5-17(2,3)20-12-14-10-13(6-9-16(14)19-4)11-18-15-7-8-15/h6,9-10,15,18H,5,7-8,11-12H2,1-4H3. The molecule has 1 aliphatic rings. The fourth-order valence-corrected chi connectivity index (χ4v) is 1.98. The number of hydrogen-bond acceptors (Lipinski definition) is 3. The van der Waals surface area contributed by atoms with E-state index in [0.717, 1.165) is 30.3 Å². The Hall–Kier alpha value is -1.06. The minimum Gasteiger partial charge on any atom is -0.496 e. The summed E-state index contributed by atoms with van der Waals surface area (Å²) in [4.78, 5) is 0. The van der Waals surface area contributed by atoms with Crippen LogP contribution in [-0.2, 0) is 17.9 Å². The number of rotatable bonds is 8. The molecule has 0 spiro atoms. The van der Waals surface area contributed by atoms with Crippen LogP contribution in [0.15, 0.2) is 18.2 Å². The van der Waals surface area contributed by atoms with Gasteiger partial charge in [-0.1, -0.05) is 13.0 Å². The first-order valence-corrected chi connectivity index (χ1v) is 7.57. The molecule has 0 aromatic heterocycles. The molecule has 1 N–H and O–H groups in total. The average molecular weight is 277 g/mol. The molecule has 1 fully saturated rings. The molecule has 0 saturated heterocycles. The van der Waals surface area contributed by atoms with Crippen LogP contribution < -0.4 is 10.1 Å². The molecule has 2 rings (SSSR count). The average Bonchev–Trinajstić information content (AvgIpc) is 3.27. The second kappa shape index (κ2) is 6.59. The van der Waals surface area contributed by atoms with Crippen LogP contribution in [0.3, 0.4) is 0 Å². The Balaban J connectivity index is 2.01. The van der Waals surface area contributed by atoms with Gasteiger partial charge in [-0.05, 0) is 50.8 Å². The summed E-state index contributed by atoms with van der Waals surface area (Å²) in [6.45, 7) is 7.92. The molecule has 1 aromatic rings. The summed E-state index contributed by atoms with van der Waals surface area (Å²) in [5.74, 6) is 0.909. The van der Waals surface area contributed by atoms with Gasteiger partial charge in [-0.2, -0.15) is 0 Å². The van der Waals surface area contributed by atoms with E-state index in [1.165, 1.54) is 18.4 Å². The number of methoxy groups -OCH3 is 1. The van der Waals surface area contributed by atoms with E-state index in [2.05, 4.69) is 38.2 Å². The van der Waals surface area contributed by atoms with Crippen LogP contribution in [0, 0.1) is 0 Å². The molecule has 0 heterocycles. The van der Waals surface area contributed by atoms with Crippen molar-refractivity contribution in [2.75, 3.05) is 7.11 Å². The molecule has 0 radical (unpaired) electrons.